The number of halogens is 1. The summed E-state index contributed by atoms with van der Waals surface area (Å²) in [7, 11) is 5.25. The van der Waals surface area contributed by atoms with Gasteiger partial charge in [-0.1, -0.05) is 18.2 Å². The molecule has 1 aliphatic rings. The van der Waals surface area contributed by atoms with Crippen LogP contribution in [0, 0.1) is 5.82 Å². The third kappa shape index (κ3) is 4.23. The molecule has 3 heterocycles. The highest BCUT2D eigenvalue weighted by Crippen LogP contribution is 2.35. The van der Waals surface area contributed by atoms with Gasteiger partial charge in [-0.25, -0.2) is 19.0 Å². The number of piperidine rings is 1. The lowest BCUT2D eigenvalue weighted by atomic mass is 9.88. The summed E-state index contributed by atoms with van der Waals surface area (Å²) in [6, 6.07) is 9.42. The number of carbonyl (C=O) groups is 1. The number of aromatic nitrogens is 4. The van der Waals surface area contributed by atoms with E-state index >= 15 is 0 Å². The molecule has 32 heavy (non-hydrogen) atoms. The molecule has 0 radical (unpaired) electrons. The van der Waals surface area contributed by atoms with Gasteiger partial charge in [-0.05, 0) is 25.0 Å². The molecule has 3 aromatic rings. The molecule has 1 saturated heterocycles. The van der Waals surface area contributed by atoms with Crippen molar-refractivity contribution in [3.63, 3.8) is 0 Å². The molecule has 0 spiro atoms. The fourth-order valence-electron chi connectivity index (χ4n) is 3.93. The molecule has 8 nitrogen and oxygen atoms in total. The summed E-state index contributed by atoms with van der Waals surface area (Å²) in [4.78, 5) is 37.1. The van der Waals surface area contributed by atoms with Crippen molar-refractivity contribution in [1.82, 2.24) is 24.6 Å². The van der Waals surface area contributed by atoms with E-state index in [0.29, 0.717) is 43.0 Å². The highest BCUT2D eigenvalue weighted by atomic mass is 19.1. The predicted octanol–water partition coefficient (Wildman–Crippen LogP) is 2.46. The second-order valence-electron chi connectivity index (χ2n) is 8.09. The van der Waals surface area contributed by atoms with E-state index in [4.69, 9.17) is 4.98 Å². The summed E-state index contributed by atoms with van der Waals surface area (Å²) < 4.78 is 15.7. The summed E-state index contributed by atoms with van der Waals surface area (Å²) in [5.74, 6) is 0.102. The molecule has 166 valence electrons. The van der Waals surface area contributed by atoms with Gasteiger partial charge in [-0.2, -0.15) is 5.10 Å². The highest BCUT2D eigenvalue weighted by Gasteiger charge is 2.29. The molecule has 0 unspecified atom stereocenters. The van der Waals surface area contributed by atoms with Crippen LogP contribution >= 0.6 is 0 Å². The minimum absolute atomic E-state index is 0.0587. The molecule has 1 fully saturated rings. The van der Waals surface area contributed by atoms with Gasteiger partial charge in [0.05, 0.1) is 5.69 Å². The maximum Gasteiger partial charge on any atom is 0.274 e. The van der Waals surface area contributed by atoms with E-state index in [1.54, 1.807) is 29.3 Å². The lowest BCUT2D eigenvalue weighted by Crippen LogP contribution is -2.39. The Morgan fingerprint density at radius 3 is 2.47 bits per heavy atom. The molecule has 1 aromatic carbocycles. The largest absolute Gasteiger partial charge is 0.347 e. The van der Waals surface area contributed by atoms with Crippen LogP contribution in [0.3, 0.4) is 0 Å². The van der Waals surface area contributed by atoms with Crippen LogP contribution < -0.4 is 10.5 Å². The van der Waals surface area contributed by atoms with Crippen molar-refractivity contribution in [2.24, 2.45) is 7.05 Å². The van der Waals surface area contributed by atoms with Crippen LogP contribution in [0.2, 0.25) is 0 Å². The summed E-state index contributed by atoms with van der Waals surface area (Å²) in [5, 5.41) is 4.06. The van der Waals surface area contributed by atoms with E-state index in [0.717, 1.165) is 10.4 Å². The molecule has 0 saturated carbocycles. The monoisotopic (exact) mass is 436 g/mol. The van der Waals surface area contributed by atoms with Crippen molar-refractivity contribution in [3.8, 4) is 11.1 Å². The normalized spacial score (nSPS) is 14.4. The van der Waals surface area contributed by atoms with E-state index in [2.05, 4.69) is 10.1 Å². The van der Waals surface area contributed by atoms with Crippen molar-refractivity contribution in [1.29, 1.82) is 0 Å². The molecule has 2 aromatic heterocycles. The number of hydrogen-bond acceptors (Lipinski definition) is 6. The zero-order valence-corrected chi connectivity index (χ0v) is 18.3. The fourth-order valence-corrected chi connectivity index (χ4v) is 3.93. The number of carbonyl (C=O) groups excluding carboxylic acids is 1. The molecule has 0 N–H and O–H groups in total. The van der Waals surface area contributed by atoms with Crippen molar-refractivity contribution in [2.75, 3.05) is 32.1 Å². The van der Waals surface area contributed by atoms with Crippen molar-refractivity contribution >= 4 is 11.9 Å². The number of nitrogens with zero attached hydrogens (tertiary/aromatic N) is 6. The van der Waals surface area contributed by atoms with Crippen LogP contribution in [0.1, 0.15) is 34.9 Å². The van der Waals surface area contributed by atoms with E-state index < -0.39 is 0 Å². The van der Waals surface area contributed by atoms with E-state index in [-0.39, 0.29) is 28.9 Å². The Morgan fingerprint density at radius 1 is 1.09 bits per heavy atom. The summed E-state index contributed by atoms with van der Waals surface area (Å²) in [6.07, 6.45) is 3.05. The Bertz CT molecular complexity index is 1200. The number of anilines is 1. The van der Waals surface area contributed by atoms with Gasteiger partial charge in [-0.15, -0.1) is 0 Å². The highest BCUT2D eigenvalue weighted by molar-refractivity contribution is 5.92. The van der Waals surface area contributed by atoms with E-state index in [1.165, 1.54) is 25.2 Å². The number of rotatable bonds is 4. The zero-order valence-electron chi connectivity index (χ0n) is 18.3. The van der Waals surface area contributed by atoms with E-state index in [9.17, 15) is 14.0 Å². The topological polar surface area (TPSA) is 84.2 Å². The van der Waals surface area contributed by atoms with Crippen LogP contribution in [0.25, 0.3) is 11.1 Å². The van der Waals surface area contributed by atoms with Crippen LogP contribution in [0.4, 0.5) is 10.3 Å². The molecule has 0 aliphatic carbocycles. The number of benzene rings is 1. The summed E-state index contributed by atoms with van der Waals surface area (Å²) >= 11 is 0. The minimum atomic E-state index is -0.316. The lowest BCUT2D eigenvalue weighted by Gasteiger charge is -2.32. The Morgan fingerprint density at radius 2 is 1.81 bits per heavy atom. The quantitative estimate of drug-likeness (QED) is 0.625. The lowest BCUT2D eigenvalue weighted by molar-refractivity contribution is 0.0703. The number of aryl methyl sites for hydroxylation is 1. The smallest absolute Gasteiger partial charge is 0.274 e. The molecule has 0 bridgehead atoms. The van der Waals surface area contributed by atoms with E-state index in [1.807, 2.05) is 19.0 Å². The minimum Gasteiger partial charge on any atom is -0.347 e. The van der Waals surface area contributed by atoms with Crippen LogP contribution in [-0.2, 0) is 7.05 Å². The Balaban J connectivity index is 1.59. The summed E-state index contributed by atoms with van der Waals surface area (Å²) in [5.41, 5.74) is 1.93. The third-order valence-electron chi connectivity index (χ3n) is 5.72. The number of hydrogen-bond donors (Lipinski definition) is 0. The molecular formula is C23H25FN6O2. The van der Waals surface area contributed by atoms with Crippen LogP contribution in [0.15, 0.2) is 47.4 Å². The van der Waals surface area contributed by atoms with Crippen molar-refractivity contribution in [3.05, 3.63) is 70.2 Å². The third-order valence-corrected chi connectivity index (χ3v) is 5.72. The molecule has 9 heteroatoms. The SMILES string of the molecule is CN(C)c1ncc(-c2ccccc2F)c(C2CCN(C(=O)c3ccc(=O)n(C)n3)CC2)n1. The first-order chi connectivity index (χ1) is 15.3. The van der Waals surface area contributed by atoms with Gasteiger partial charge in [0.2, 0.25) is 5.95 Å². The molecule has 1 aliphatic heterocycles. The van der Waals surface area contributed by atoms with Gasteiger partial charge in [0.1, 0.15) is 11.5 Å². The molecule has 1 amide bonds. The zero-order chi connectivity index (χ0) is 22.8. The predicted molar refractivity (Wildman–Crippen MR) is 119 cm³/mol. The fraction of sp³-hybridized carbons (Fsp3) is 0.348. The van der Waals surface area contributed by atoms with Crippen LogP contribution in [0.5, 0.6) is 0 Å². The van der Waals surface area contributed by atoms with Gasteiger partial charge in [-0.3, -0.25) is 9.59 Å². The maximum absolute atomic E-state index is 14.5. The number of likely N-dealkylation sites (tertiary alicyclic amines) is 1. The second kappa shape index (κ2) is 8.86. The Kier molecular flexibility index (Phi) is 5.98. The first-order valence-electron chi connectivity index (χ1n) is 10.5. The van der Waals surface area contributed by atoms with Gasteiger partial charge in [0.25, 0.3) is 11.5 Å². The molecular weight excluding hydrogens is 411 g/mol. The summed E-state index contributed by atoms with van der Waals surface area (Å²) in [6.45, 7) is 1.04. The maximum atomic E-state index is 14.5. The first-order valence-corrected chi connectivity index (χ1v) is 10.5. The first kappa shape index (κ1) is 21.6. The number of amides is 1. The second-order valence-corrected chi connectivity index (χ2v) is 8.09. The van der Waals surface area contributed by atoms with Crippen LogP contribution in [-0.4, -0.2) is 57.7 Å². The Hall–Kier alpha value is -3.62. The molecule has 4 rings (SSSR count). The average Bonchev–Trinajstić information content (AvgIpc) is 2.80. The van der Waals surface area contributed by atoms with Gasteiger partial charge >= 0.3 is 0 Å². The van der Waals surface area contributed by atoms with Crippen molar-refractivity contribution < 1.29 is 9.18 Å². The van der Waals surface area contributed by atoms with Gasteiger partial charge < -0.3 is 9.80 Å². The van der Waals surface area contributed by atoms with Gasteiger partial charge in [0, 0.05) is 63.5 Å². The van der Waals surface area contributed by atoms with Crippen molar-refractivity contribution in [2.45, 2.75) is 18.8 Å². The molecule has 0 atom stereocenters. The van der Waals surface area contributed by atoms with Gasteiger partial charge in [0.15, 0.2) is 0 Å². The average molecular weight is 436 g/mol. The standard InChI is InChI=1S/C23H25FN6O2/c1-28(2)23-25-14-17(16-6-4-5-7-18(16)24)21(26-23)15-10-12-30(13-11-15)22(32)19-8-9-20(31)29(3)27-19/h4-9,14-15H,10-13H2,1-3H3. The Labute approximate surface area is 185 Å².